The van der Waals surface area contributed by atoms with Crippen LogP contribution < -0.4 is 4.74 Å². The number of carboxylic acid groups (broad SMARTS) is 1. The van der Waals surface area contributed by atoms with Gasteiger partial charge in [0, 0.05) is 17.8 Å². The van der Waals surface area contributed by atoms with Crippen molar-refractivity contribution in [3.63, 3.8) is 0 Å². The Bertz CT molecular complexity index is 1060. The minimum atomic E-state index is -0.969. The third kappa shape index (κ3) is 4.10. The fraction of sp³-hybridized carbons (Fsp3) is 0.0952. The van der Waals surface area contributed by atoms with Crippen molar-refractivity contribution in [3.8, 4) is 23.1 Å². The van der Waals surface area contributed by atoms with Crippen LogP contribution in [0.5, 0.6) is 5.75 Å². The quantitative estimate of drug-likeness (QED) is 0.730. The van der Waals surface area contributed by atoms with Gasteiger partial charge < -0.3 is 9.84 Å². The zero-order chi connectivity index (χ0) is 19.4. The number of aromatic nitrogens is 1. The standard InChI is InChI=1S/C21H15FN2O3/c1-13-8-15(3-5-18(13)21(25)26)20-9-14(6-7-24-20)12-27-17-4-2-16(11-23)19(22)10-17/h2-10H,12H2,1H3,(H,25,26). The van der Waals surface area contributed by atoms with Gasteiger partial charge in [0.15, 0.2) is 0 Å². The molecular formula is C21H15FN2O3. The van der Waals surface area contributed by atoms with Crippen LogP contribution in [0.15, 0.2) is 54.7 Å². The van der Waals surface area contributed by atoms with Crippen LogP contribution in [-0.4, -0.2) is 16.1 Å². The summed E-state index contributed by atoms with van der Waals surface area (Å²) in [6.07, 6.45) is 1.63. The van der Waals surface area contributed by atoms with Gasteiger partial charge in [-0.05, 0) is 54.4 Å². The van der Waals surface area contributed by atoms with Gasteiger partial charge in [0.05, 0.1) is 16.8 Å². The molecule has 0 amide bonds. The van der Waals surface area contributed by atoms with E-state index in [1.165, 1.54) is 18.2 Å². The highest BCUT2D eigenvalue weighted by Crippen LogP contribution is 2.23. The van der Waals surface area contributed by atoms with Crippen molar-refractivity contribution >= 4 is 5.97 Å². The molecule has 0 fully saturated rings. The van der Waals surface area contributed by atoms with E-state index >= 15 is 0 Å². The Kier molecular flexibility index (Phi) is 5.13. The molecule has 0 bridgehead atoms. The highest BCUT2D eigenvalue weighted by atomic mass is 19.1. The fourth-order valence-corrected chi connectivity index (χ4v) is 2.63. The first kappa shape index (κ1) is 18.1. The molecule has 0 saturated carbocycles. The van der Waals surface area contributed by atoms with Gasteiger partial charge in [-0.2, -0.15) is 5.26 Å². The van der Waals surface area contributed by atoms with Crippen molar-refractivity contribution in [1.82, 2.24) is 4.98 Å². The molecule has 27 heavy (non-hydrogen) atoms. The summed E-state index contributed by atoms with van der Waals surface area (Å²) in [5, 5.41) is 17.9. The van der Waals surface area contributed by atoms with E-state index in [2.05, 4.69) is 4.98 Å². The largest absolute Gasteiger partial charge is 0.489 e. The van der Waals surface area contributed by atoms with Gasteiger partial charge >= 0.3 is 5.97 Å². The molecule has 3 rings (SSSR count). The summed E-state index contributed by atoms with van der Waals surface area (Å²) in [7, 11) is 0. The van der Waals surface area contributed by atoms with Crippen molar-refractivity contribution in [3.05, 3.63) is 82.8 Å². The van der Waals surface area contributed by atoms with Gasteiger partial charge in [0.1, 0.15) is 24.2 Å². The van der Waals surface area contributed by atoms with Crippen LogP contribution in [0.4, 0.5) is 4.39 Å². The lowest BCUT2D eigenvalue weighted by molar-refractivity contribution is 0.0696. The minimum Gasteiger partial charge on any atom is -0.489 e. The lowest BCUT2D eigenvalue weighted by Gasteiger charge is -2.09. The molecule has 1 aromatic heterocycles. The number of ether oxygens (including phenoxy) is 1. The molecule has 5 nitrogen and oxygen atoms in total. The summed E-state index contributed by atoms with van der Waals surface area (Å²) in [5.74, 6) is -1.27. The molecule has 0 unspecified atom stereocenters. The van der Waals surface area contributed by atoms with Gasteiger partial charge in [-0.1, -0.05) is 6.07 Å². The van der Waals surface area contributed by atoms with E-state index in [4.69, 9.17) is 15.1 Å². The van der Waals surface area contributed by atoms with Crippen LogP contribution in [0.1, 0.15) is 27.0 Å². The summed E-state index contributed by atoms with van der Waals surface area (Å²) in [6, 6.07) is 14.5. The highest BCUT2D eigenvalue weighted by molar-refractivity contribution is 5.90. The Hall–Kier alpha value is -3.72. The third-order valence-corrected chi connectivity index (χ3v) is 4.04. The average molecular weight is 362 g/mol. The first-order valence-electron chi connectivity index (χ1n) is 8.09. The van der Waals surface area contributed by atoms with E-state index in [0.29, 0.717) is 17.0 Å². The monoisotopic (exact) mass is 362 g/mol. The van der Waals surface area contributed by atoms with Crippen molar-refractivity contribution in [2.45, 2.75) is 13.5 Å². The highest BCUT2D eigenvalue weighted by Gasteiger charge is 2.09. The molecule has 0 aliphatic heterocycles. The Morgan fingerprint density at radius 3 is 2.70 bits per heavy atom. The molecule has 0 aliphatic carbocycles. The lowest BCUT2D eigenvalue weighted by atomic mass is 10.0. The number of rotatable bonds is 5. The van der Waals surface area contributed by atoms with Gasteiger partial charge in [-0.15, -0.1) is 0 Å². The number of aryl methyl sites for hydroxylation is 1. The van der Waals surface area contributed by atoms with E-state index in [9.17, 15) is 9.18 Å². The lowest BCUT2D eigenvalue weighted by Crippen LogP contribution is -2.00. The van der Waals surface area contributed by atoms with E-state index in [1.54, 1.807) is 43.5 Å². The minimum absolute atomic E-state index is 0.0336. The SMILES string of the molecule is Cc1cc(-c2cc(COc3ccc(C#N)c(F)c3)ccn2)ccc1C(=O)O. The number of aromatic carboxylic acids is 1. The van der Waals surface area contributed by atoms with Crippen molar-refractivity contribution in [2.24, 2.45) is 0 Å². The maximum absolute atomic E-state index is 13.6. The van der Waals surface area contributed by atoms with Crippen LogP contribution in [0.25, 0.3) is 11.3 Å². The number of halogens is 1. The summed E-state index contributed by atoms with van der Waals surface area (Å²) in [5.41, 5.74) is 3.17. The maximum atomic E-state index is 13.6. The molecule has 1 N–H and O–H groups in total. The molecule has 0 radical (unpaired) electrons. The Balaban J connectivity index is 1.78. The van der Waals surface area contributed by atoms with Gasteiger partial charge in [-0.3, -0.25) is 4.98 Å². The van der Waals surface area contributed by atoms with Gasteiger partial charge in [0.25, 0.3) is 0 Å². The van der Waals surface area contributed by atoms with Crippen LogP contribution in [0, 0.1) is 24.1 Å². The number of carbonyl (C=O) groups is 1. The first-order chi connectivity index (χ1) is 13.0. The van der Waals surface area contributed by atoms with Gasteiger partial charge in [-0.25, -0.2) is 9.18 Å². The molecule has 0 saturated heterocycles. The van der Waals surface area contributed by atoms with Crippen molar-refractivity contribution in [1.29, 1.82) is 5.26 Å². The number of nitriles is 1. The second-order valence-corrected chi connectivity index (χ2v) is 5.93. The molecule has 3 aromatic rings. The van der Waals surface area contributed by atoms with E-state index < -0.39 is 11.8 Å². The topological polar surface area (TPSA) is 83.2 Å². The number of pyridine rings is 1. The van der Waals surface area contributed by atoms with Gasteiger partial charge in [0.2, 0.25) is 0 Å². The fourth-order valence-electron chi connectivity index (χ4n) is 2.63. The molecule has 0 atom stereocenters. The molecule has 0 spiro atoms. The second kappa shape index (κ2) is 7.67. The average Bonchev–Trinajstić information content (AvgIpc) is 2.66. The van der Waals surface area contributed by atoms with Crippen LogP contribution >= 0.6 is 0 Å². The second-order valence-electron chi connectivity index (χ2n) is 5.93. The number of benzene rings is 2. The maximum Gasteiger partial charge on any atom is 0.335 e. The number of carboxylic acids is 1. The number of hydrogen-bond acceptors (Lipinski definition) is 4. The molecule has 0 aliphatic rings. The van der Waals surface area contributed by atoms with Crippen molar-refractivity contribution in [2.75, 3.05) is 0 Å². The predicted molar refractivity (Wildman–Crippen MR) is 96.8 cm³/mol. The Labute approximate surface area is 155 Å². The van der Waals surface area contributed by atoms with Crippen LogP contribution in [-0.2, 0) is 6.61 Å². The number of hydrogen-bond donors (Lipinski definition) is 1. The zero-order valence-electron chi connectivity index (χ0n) is 14.4. The van der Waals surface area contributed by atoms with Crippen LogP contribution in [0.3, 0.4) is 0 Å². The smallest absolute Gasteiger partial charge is 0.335 e. The molecule has 6 heteroatoms. The Morgan fingerprint density at radius 2 is 2.04 bits per heavy atom. The van der Waals surface area contributed by atoms with E-state index in [1.807, 2.05) is 6.07 Å². The molecule has 2 aromatic carbocycles. The Morgan fingerprint density at radius 1 is 1.22 bits per heavy atom. The normalized spacial score (nSPS) is 10.3. The molecule has 134 valence electrons. The summed E-state index contributed by atoms with van der Waals surface area (Å²) < 4.78 is 19.2. The summed E-state index contributed by atoms with van der Waals surface area (Å²) >= 11 is 0. The first-order valence-corrected chi connectivity index (χ1v) is 8.09. The predicted octanol–water partition coefficient (Wildman–Crippen LogP) is 4.35. The van der Waals surface area contributed by atoms with Crippen LogP contribution in [0.2, 0.25) is 0 Å². The van der Waals surface area contributed by atoms with E-state index in [0.717, 1.165) is 11.1 Å². The van der Waals surface area contributed by atoms with Crippen molar-refractivity contribution < 1.29 is 19.0 Å². The van der Waals surface area contributed by atoms with E-state index in [-0.39, 0.29) is 17.7 Å². The third-order valence-electron chi connectivity index (χ3n) is 4.04. The summed E-state index contributed by atoms with van der Waals surface area (Å²) in [6.45, 7) is 1.94. The zero-order valence-corrected chi connectivity index (χ0v) is 14.4. The number of nitrogens with zero attached hydrogens (tertiary/aromatic N) is 2. The molecule has 1 heterocycles. The summed E-state index contributed by atoms with van der Waals surface area (Å²) in [4.78, 5) is 15.4. The molecular weight excluding hydrogens is 347 g/mol.